The summed E-state index contributed by atoms with van der Waals surface area (Å²) in [7, 11) is 0. The van der Waals surface area contributed by atoms with Crippen LogP contribution in [-0.4, -0.2) is 36.5 Å². The van der Waals surface area contributed by atoms with Gasteiger partial charge in [-0.2, -0.15) is 0 Å². The highest BCUT2D eigenvalue weighted by Gasteiger charge is 2.25. The van der Waals surface area contributed by atoms with Gasteiger partial charge in [0.2, 0.25) is 5.91 Å². The number of ether oxygens (including phenoxy) is 1. The average molecular weight is 381 g/mol. The number of benzene rings is 2. The number of hydrogen-bond acceptors (Lipinski definition) is 3. The van der Waals surface area contributed by atoms with Crippen LogP contribution in [-0.2, 0) is 11.3 Å². The molecule has 0 bridgehead atoms. The molecule has 0 saturated carbocycles. The second kappa shape index (κ2) is 9.74. The lowest BCUT2D eigenvalue weighted by molar-refractivity contribution is -0.127. The summed E-state index contributed by atoms with van der Waals surface area (Å²) in [5.74, 6) is 1.15. The first-order valence-electron chi connectivity index (χ1n) is 10.3. The molecular formula is C24H32N2O2. The fourth-order valence-corrected chi connectivity index (χ4v) is 3.64. The number of para-hydroxylation sites is 1. The quantitative estimate of drug-likeness (QED) is 0.786. The number of nitrogens with zero attached hydrogens (tertiary/aromatic N) is 1. The Hall–Kier alpha value is -2.33. The van der Waals surface area contributed by atoms with Gasteiger partial charge < -0.3 is 10.1 Å². The van der Waals surface area contributed by atoms with Crippen molar-refractivity contribution in [1.82, 2.24) is 10.2 Å². The Morgan fingerprint density at radius 2 is 1.79 bits per heavy atom. The fourth-order valence-electron chi connectivity index (χ4n) is 3.64. The highest BCUT2D eigenvalue weighted by atomic mass is 16.5. The predicted molar refractivity (Wildman–Crippen MR) is 113 cm³/mol. The molecule has 4 nitrogen and oxygen atoms in total. The number of piperidine rings is 1. The lowest BCUT2D eigenvalue weighted by atomic mass is 9.95. The molecule has 1 N–H and O–H groups in total. The Kier molecular flexibility index (Phi) is 7.10. The maximum Gasteiger partial charge on any atom is 0.223 e. The minimum absolute atomic E-state index is 0.00214. The van der Waals surface area contributed by atoms with Crippen LogP contribution in [0.3, 0.4) is 0 Å². The second-order valence-electron chi connectivity index (χ2n) is 8.02. The number of aryl methyl sites for hydroxylation is 2. The zero-order valence-electron chi connectivity index (χ0n) is 17.3. The van der Waals surface area contributed by atoms with Gasteiger partial charge in [-0.25, -0.2) is 0 Å². The van der Waals surface area contributed by atoms with Gasteiger partial charge in [-0.05, 0) is 63.9 Å². The van der Waals surface area contributed by atoms with E-state index in [9.17, 15) is 4.79 Å². The van der Waals surface area contributed by atoms with Crippen LogP contribution in [0.15, 0.2) is 48.5 Å². The van der Waals surface area contributed by atoms with E-state index in [1.165, 1.54) is 11.1 Å². The van der Waals surface area contributed by atoms with Crippen LogP contribution in [0.5, 0.6) is 5.75 Å². The van der Waals surface area contributed by atoms with Crippen molar-refractivity contribution in [2.24, 2.45) is 5.92 Å². The number of hydrogen-bond donors (Lipinski definition) is 1. The van der Waals surface area contributed by atoms with Gasteiger partial charge in [0.05, 0.1) is 6.04 Å². The zero-order valence-corrected chi connectivity index (χ0v) is 17.3. The molecule has 1 amide bonds. The van der Waals surface area contributed by atoms with Crippen molar-refractivity contribution in [2.75, 3.05) is 19.7 Å². The number of carbonyl (C=O) groups is 1. The van der Waals surface area contributed by atoms with Crippen molar-refractivity contribution >= 4 is 5.91 Å². The molecule has 4 heteroatoms. The van der Waals surface area contributed by atoms with Crippen LogP contribution >= 0.6 is 0 Å². The van der Waals surface area contributed by atoms with Crippen molar-refractivity contribution < 1.29 is 9.53 Å². The van der Waals surface area contributed by atoms with E-state index in [2.05, 4.69) is 41.4 Å². The highest BCUT2D eigenvalue weighted by Crippen LogP contribution is 2.20. The lowest BCUT2D eigenvalue weighted by Crippen LogP contribution is -2.44. The Labute approximate surface area is 168 Å². The Morgan fingerprint density at radius 1 is 1.11 bits per heavy atom. The van der Waals surface area contributed by atoms with E-state index in [0.29, 0.717) is 6.61 Å². The molecule has 0 aromatic heterocycles. The van der Waals surface area contributed by atoms with Crippen molar-refractivity contribution in [3.63, 3.8) is 0 Å². The van der Waals surface area contributed by atoms with Gasteiger partial charge in [0.15, 0.2) is 0 Å². The summed E-state index contributed by atoms with van der Waals surface area (Å²) < 4.78 is 5.86. The molecule has 2 aromatic rings. The predicted octanol–water partition coefficient (Wildman–Crippen LogP) is 4.10. The average Bonchev–Trinajstić information content (AvgIpc) is 2.69. The molecule has 1 atom stereocenters. The lowest BCUT2D eigenvalue weighted by Gasteiger charge is -2.32. The van der Waals surface area contributed by atoms with Gasteiger partial charge in [0.1, 0.15) is 12.4 Å². The number of nitrogens with one attached hydrogen (secondary N) is 1. The van der Waals surface area contributed by atoms with E-state index < -0.39 is 0 Å². The molecule has 0 spiro atoms. The molecule has 1 saturated heterocycles. The summed E-state index contributed by atoms with van der Waals surface area (Å²) in [6, 6.07) is 16.7. The van der Waals surface area contributed by atoms with Crippen LogP contribution in [0.25, 0.3) is 0 Å². The number of amides is 1. The monoisotopic (exact) mass is 380 g/mol. The third-order valence-corrected chi connectivity index (χ3v) is 5.46. The minimum Gasteiger partial charge on any atom is -0.491 e. The normalized spacial score (nSPS) is 16.5. The van der Waals surface area contributed by atoms with Crippen molar-refractivity contribution in [2.45, 2.75) is 46.2 Å². The van der Waals surface area contributed by atoms with Crippen LogP contribution < -0.4 is 10.1 Å². The third-order valence-electron chi connectivity index (χ3n) is 5.46. The van der Waals surface area contributed by atoms with Gasteiger partial charge in [-0.3, -0.25) is 9.69 Å². The molecular weight excluding hydrogens is 348 g/mol. The summed E-state index contributed by atoms with van der Waals surface area (Å²) in [4.78, 5) is 15.0. The first-order chi connectivity index (χ1) is 13.5. The van der Waals surface area contributed by atoms with E-state index in [4.69, 9.17) is 4.74 Å². The van der Waals surface area contributed by atoms with E-state index in [-0.39, 0.29) is 17.9 Å². The van der Waals surface area contributed by atoms with Crippen LogP contribution in [0.1, 0.15) is 36.5 Å². The smallest absolute Gasteiger partial charge is 0.223 e. The van der Waals surface area contributed by atoms with E-state index in [0.717, 1.165) is 43.8 Å². The summed E-state index contributed by atoms with van der Waals surface area (Å²) in [6.45, 7) is 9.55. The maximum absolute atomic E-state index is 12.6. The molecule has 1 aliphatic heterocycles. The van der Waals surface area contributed by atoms with E-state index >= 15 is 0 Å². The molecule has 1 aliphatic rings. The number of rotatable bonds is 7. The molecule has 28 heavy (non-hydrogen) atoms. The zero-order chi connectivity index (χ0) is 19.9. The third kappa shape index (κ3) is 5.83. The second-order valence-corrected chi connectivity index (χ2v) is 8.02. The van der Waals surface area contributed by atoms with Crippen LogP contribution in [0.2, 0.25) is 0 Å². The summed E-state index contributed by atoms with van der Waals surface area (Å²) in [6.07, 6.45) is 1.84. The van der Waals surface area contributed by atoms with Crippen molar-refractivity contribution in [3.05, 3.63) is 65.2 Å². The van der Waals surface area contributed by atoms with Gasteiger partial charge in [-0.15, -0.1) is 0 Å². The molecule has 2 aromatic carbocycles. The first-order valence-corrected chi connectivity index (χ1v) is 10.3. The maximum atomic E-state index is 12.6. The largest absolute Gasteiger partial charge is 0.491 e. The Balaban J connectivity index is 1.39. The SMILES string of the molecule is Cc1ccc(CN2CCC(C(=O)NC(C)COc3ccccc3C)CC2)cc1. The molecule has 3 rings (SSSR count). The molecule has 0 radical (unpaired) electrons. The topological polar surface area (TPSA) is 41.6 Å². The molecule has 0 aliphatic carbocycles. The van der Waals surface area contributed by atoms with Gasteiger partial charge in [0, 0.05) is 12.5 Å². The van der Waals surface area contributed by atoms with Crippen LogP contribution in [0.4, 0.5) is 0 Å². The highest BCUT2D eigenvalue weighted by molar-refractivity contribution is 5.79. The van der Waals surface area contributed by atoms with Gasteiger partial charge in [0.25, 0.3) is 0 Å². The first kappa shape index (κ1) is 20.4. The van der Waals surface area contributed by atoms with E-state index in [1.54, 1.807) is 0 Å². The summed E-state index contributed by atoms with van der Waals surface area (Å²) >= 11 is 0. The number of likely N-dealkylation sites (tertiary alicyclic amines) is 1. The summed E-state index contributed by atoms with van der Waals surface area (Å²) in [5, 5.41) is 3.13. The van der Waals surface area contributed by atoms with Crippen LogP contribution in [0, 0.1) is 19.8 Å². The molecule has 1 fully saturated rings. The number of carbonyl (C=O) groups excluding carboxylic acids is 1. The van der Waals surface area contributed by atoms with Gasteiger partial charge >= 0.3 is 0 Å². The van der Waals surface area contributed by atoms with Gasteiger partial charge in [-0.1, -0.05) is 48.0 Å². The molecule has 1 heterocycles. The molecule has 150 valence electrons. The minimum atomic E-state index is -0.00214. The Bertz CT molecular complexity index is 764. The molecule has 1 unspecified atom stereocenters. The van der Waals surface area contributed by atoms with Crippen molar-refractivity contribution in [1.29, 1.82) is 0 Å². The standard InChI is InChI=1S/C24H32N2O2/c1-18-8-10-21(11-9-18)16-26-14-12-22(13-15-26)24(27)25-20(3)17-28-23-7-5-4-6-19(23)2/h4-11,20,22H,12-17H2,1-3H3,(H,25,27). The summed E-state index contributed by atoms with van der Waals surface area (Å²) in [5.41, 5.74) is 3.75. The fraction of sp³-hybridized carbons (Fsp3) is 0.458. The van der Waals surface area contributed by atoms with Crippen molar-refractivity contribution in [3.8, 4) is 5.75 Å². The van der Waals surface area contributed by atoms with E-state index in [1.807, 2.05) is 38.1 Å². The Morgan fingerprint density at radius 3 is 2.46 bits per heavy atom.